The average molecular weight is 432 g/mol. The largest absolute Gasteiger partial charge is 0.444 e. The molecule has 168 valence electrons. The smallest absolute Gasteiger partial charge is 0.410 e. The second-order valence-electron chi connectivity index (χ2n) is 9.44. The van der Waals surface area contributed by atoms with Crippen LogP contribution in [0.15, 0.2) is 18.2 Å². The summed E-state index contributed by atoms with van der Waals surface area (Å²) < 4.78 is 20.6. The first-order chi connectivity index (χ1) is 15.0. The van der Waals surface area contributed by atoms with E-state index in [-0.39, 0.29) is 48.0 Å². The number of aliphatic hydroxyl groups excluding tert-OH is 1. The van der Waals surface area contributed by atoms with Crippen LogP contribution in [0.3, 0.4) is 0 Å². The minimum Gasteiger partial charge on any atom is -0.444 e. The van der Waals surface area contributed by atoms with E-state index in [2.05, 4.69) is 5.32 Å². The lowest BCUT2D eigenvalue weighted by atomic mass is 10.0. The van der Waals surface area contributed by atoms with Gasteiger partial charge < -0.3 is 25.0 Å². The summed E-state index contributed by atoms with van der Waals surface area (Å²) in [5.41, 5.74) is 0.937. The molecule has 3 aliphatic heterocycles. The van der Waals surface area contributed by atoms with E-state index in [1.807, 2.05) is 9.80 Å². The number of carbonyl (C=O) groups excluding carboxylic acids is 2. The van der Waals surface area contributed by atoms with E-state index in [0.717, 1.165) is 38.5 Å². The molecule has 2 amide bonds. The number of benzene rings is 1. The van der Waals surface area contributed by atoms with Gasteiger partial charge in [-0.05, 0) is 69.6 Å². The molecule has 3 unspecified atom stereocenters. The lowest BCUT2D eigenvalue weighted by Gasteiger charge is -2.39. The zero-order chi connectivity index (χ0) is 21.5. The van der Waals surface area contributed by atoms with Crippen molar-refractivity contribution >= 4 is 23.4 Å². The summed E-state index contributed by atoms with van der Waals surface area (Å²) in [5, 5.41) is 12.7. The Labute approximate surface area is 181 Å². The Morgan fingerprint density at radius 3 is 2.52 bits per heavy atom. The van der Waals surface area contributed by atoms with E-state index in [9.17, 15) is 19.1 Å². The Morgan fingerprint density at radius 2 is 1.84 bits per heavy atom. The third-order valence-corrected chi connectivity index (χ3v) is 7.07. The third kappa shape index (κ3) is 4.35. The van der Waals surface area contributed by atoms with Gasteiger partial charge in [0.2, 0.25) is 5.91 Å². The van der Waals surface area contributed by atoms with Crippen molar-refractivity contribution in [2.24, 2.45) is 5.92 Å². The number of anilines is 2. The van der Waals surface area contributed by atoms with Crippen molar-refractivity contribution in [3.63, 3.8) is 0 Å². The van der Waals surface area contributed by atoms with Gasteiger partial charge in [0, 0.05) is 30.2 Å². The number of ether oxygens (including phenoxy) is 1. The van der Waals surface area contributed by atoms with Crippen molar-refractivity contribution in [3.05, 3.63) is 24.0 Å². The number of aliphatic hydroxyl groups is 1. The number of nitrogens with zero attached hydrogens (tertiary/aromatic N) is 2. The fourth-order valence-electron chi connectivity index (χ4n) is 5.33. The van der Waals surface area contributed by atoms with Crippen LogP contribution < -0.4 is 10.2 Å². The van der Waals surface area contributed by atoms with Gasteiger partial charge in [-0.15, -0.1) is 0 Å². The highest BCUT2D eigenvalue weighted by Gasteiger charge is 2.44. The summed E-state index contributed by atoms with van der Waals surface area (Å²) in [5.74, 6) is -0.362. The molecule has 4 aliphatic rings. The number of rotatable bonds is 4. The minimum atomic E-state index is -0.386. The summed E-state index contributed by atoms with van der Waals surface area (Å²) >= 11 is 0. The molecule has 2 N–H and O–H groups in total. The van der Waals surface area contributed by atoms with Gasteiger partial charge in [-0.1, -0.05) is 0 Å². The van der Waals surface area contributed by atoms with E-state index < -0.39 is 0 Å². The first kappa shape index (κ1) is 20.5. The molecule has 3 saturated heterocycles. The van der Waals surface area contributed by atoms with Gasteiger partial charge in [0.15, 0.2) is 0 Å². The predicted octanol–water partition coefficient (Wildman–Crippen LogP) is 3.27. The number of fused-ring (bicyclic) bond motifs is 2. The summed E-state index contributed by atoms with van der Waals surface area (Å²) in [6.45, 7) is 1.14. The Morgan fingerprint density at radius 1 is 1.10 bits per heavy atom. The number of hydrogen-bond acceptors (Lipinski definition) is 5. The maximum Gasteiger partial charge on any atom is 0.410 e. The van der Waals surface area contributed by atoms with Crippen LogP contribution in [0.4, 0.5) is 20.6 Å². The fraction of sp³-hybridized carbons (Fsp3) is 0.652. The van der Waals surface area contributed by atoms with Gasteiger partial charge in [-0.25, -0.2) is 9.18 Å². The standard InChI is InChI=1S/C23H30FN3O4/c24-20-10-15(25-22(29)14-3-4-14)5-8-21(20)26-9-1-2-19(13-26)31-23(30)27-16-6-7-17(27)12-18(28)11-16/h5,8,10,14,16-19,28H,1-4,6-7,9,11-13H2,(H,25,29). The normalized spacial score (nSPS) is 30.3. The quantitative estimate of drug-likeness (QED) is 0.765. The van der Waals surface area contributed by atoms with E-state index in [1.165, 1.54) is 6.07 Å². The molecule has 0 radical (unpaired) electrons. The lowest BCUT2D eigenvalue weighted by Crippen LogP contribution is -2.50. The second kappa shape index (κ2) is 8.30. The van der Waals surface area contributed by atoms with Gasteiger partial charge in [0.25, 0.3) is 0 Å². The Balaban J connectivity index is 1.20. The van der Waals surface area contributed by atoms with Crippen LogP contribution >= 0.6 is 0 Å². The number of carbonyl (C=O) groups is 2. The zero-order valence-corrected chi connectivity index (χ0v) is 17.6. The van der Waals surface area contributed by atoms with Crippen LogP contribution in [0.2, 0.25) is 0 Å². The molecule has 1 aromatic rings. The lowest BCUT2D eigenvalue weighted by molar-refractivity contribution is -0.117. The SMILES string of the molecule is O=C(Nc1ccc(N2CCCC(OC(=O)N3C4CCC3CC(O)C4)C2)c(F)c1)C1CC1. The Bertz CT molecular complexity index is 847. The monoisotopic (exact) mass is 431 g/mol. The van der Waals surface area contributed by atoms with Crippen LogP contribution in [0.5, 0.6) is 0 Å². The van der Waals surface area contributed by atoms with Crippen LogP contribution in [0, 0.1) is 11.7 Å². The number of piperidine rings is 2. The van der Waals surface area contributed by atoms with E-state index in [4.69, 9.17) is 4.74 Å². The minimum absolute atomic E-state index is 0.0451. The highest BCUT2D eigenvalue weighted by molar-refractivity contribution is 5.94. The van der Waals surface area contributed by atoms with Gasteiger partial charge in [-0.2, -0.15) is 0 Å². The Kier molecular flexibility index (Phi) is 5.50. The van der Waals surface area contributed by atoms with Crippen LogP contribution in [0.1, 0.15) is 51.4 Å². The van der Waals surface area contributed by atoms with Crippen molar-refractivity contribution in [2.45, 2.75) is 75.7 Å². The van der Waals surface area contributed by atoms with Gasteiger partial charge in [0.05, 0.1) is 18.3 Å². The molecule has 0 aromatic heterocycles. The second-order valence-corrected chi connectivity index (χ2v) is 9.44. The van der Waals surface area contributed by atoms with Gasteiger partial charge >= 0.3 is 6.09 Å². The van der Waals surface area contributed by atoms with E-state index in [1.54, 1.807) is 12.1 Å². The maximum atomic E-state index is 14.8. The zero-order valence-electron chi connectivity index (χ0n) is 17.6. The number of nitrogens with one attached hydrogen (secondary N) is 1. The molecule has 3 atom stereocenters. The molecule has 7 nitrogen and oxygen atoms in total. The first-order valence-electron chi connectivity index (χ1n) is 11.5. The summed E-state index contributed by atoms with van der Waals surface area (Å²) in [6.07, 6.45) is 5.53. The fourth-order valence-corrected chi connectivity index (χ4v) is 5.33. The molecule has 3 heterocycles. The van der Waals surface area contributed by atoms with E-state index in [0.29, 0.717) is 37.3 Å². The number of halogens is 1. The molecule has 1 aromatic carbocycles. The van der Waals surface area contributed by atoms with Crippen LogP contribution in [-0.2, 0) is 9.53 Å². The molecule has 2 bridgehead atoms. The molecule has 0 spiro atoms. The highest BCUT2D eigenvalue weighted by atomic mass is 19.1. The number of amides is 2. The molecule has 4 fully saturated rings. The summed E-state index contributed by atoms with van der Waals surface area (Å²) in [7, 11) is 0. The molecule has 31 heavy (non-hydrogen) atoms. The molecular weight excluding hydrogens is 401 g/mol. The summed E-state index contributed by atoms with van der Waals surface area (Å²) in [4.78, 5) is 28.5. The summed E-state index contributed by atoms with van der Waals surface area (Å²) in [6, 6.07) is 4.91. The van der Waals surface area contributed by atoms with Gasteiger partial charge in [0.1, 0.15) is 11.9 Å². The molecule has 1 aliphatic carbocycles. The molecule has 8 heteroatoms. The third-order valence-electron chi connectivity index (χ3n) is 7.07. The van der Waals surface area contributed by atoms with Crippen molar-refractivity contribution < 1.29 is 23.8 Å². The van der Waals surface area contributed by atoms with E-state index >= 15 is 0 Å². The molecule has 1 saturated carbocycles. The van der Waals surface area contributed by atoms with Crippen molar-refractivity contribution in [1.82, 2.24) is 4.90 Å². The highest BCUT2D eigenvalue weighted by Crippen LogP contribution is 2.37. The van der Waals surface area contributed by atoms with Crippen molar-refractivity contribution in [1.29, 1.82) is 0 Å². The molecule has 5 rings (SSSR count). The molecular formula is C23H30FN3O4. The van der Waals surface area contributed by atoms with Crippen molar-refractivity contribution in [2.75, 3.05) is 23.3 Å². The Hall–Kier alpha value is -2.35. The van der Waals surface area contributed by atoms with Crippen molar-refractivity contribution in [3.8, 4) is 0 Å². The number of hydrogen-bond donors (Lipinski definition) is 2. The van der Waals surface area contributed by atoms with Crippen LogP contribution in [0.25, 0.3) is 0 Å². The first-order valence-corrected chi connectivity index (χ1v) is 11.5. The maximum absolute atomic E-state index is 14.8. The van der Waals surface area contributed by atoms with Crippen LogP contribution in [-0.4, -0.2) is 59.4 Å². The van der Waals surface area contributed by atoms with Gasteiger partial charge in [-0.3, -0.25) is 4.79 Å². The predicted molar refractivity (Wildman–Crippen MR) is 113 cm³/mol. The average Bonchev–Trinajstić information content (AvgIpc) is 3.53. The topological polar surface area (TPSA) is 82.1 Å².